The van der Waals surface area contributed by atoms with E-state index in [1.165, 1.54) is 5.56 Å². The maximum Gasteiger partial charge on any atom is 0.134 e. The van der Waals surface area contributed by atoms with Crippen LogP contribution in [0.15, 0.2) is 48.7 Å². The molecule has 4 nitrogen and oxygen atoms in total. The minimum absolute atomic E-state index is 0.0490. The lowest BCUT2D eigenvalue weighted by molar-refractivity contribution is 0.247. The molecular weight excluding hydrogens is 262 g/mol. The number of aliphatic hydroxyl groups excluding tert-OH is 1. The van der Waals surface area contributed by atoms with Crippen LogP contribution in [0.25, 0.3) is 0 Å². The SMILES string of the molecule is OCc1cccnc1N1CCN(Cc2ccccc2)CC1. The van der Waals surface area contributed by atoms with Crippen molar-refractivity contribution in [3.8, 4) is 0 Å². The van der Waals surface area contributed by atoms with Crippen molar-refractivity contribution in [2.75, 3.05) is 31.1 Å². The molecule has 1 aromatic carbocycles. The van der Waals surface area contributed by atoms with E-state index in [1.807, 2.05) is 12.1 Å². The lowest BCUT2D eigenvalue weighted by Crippen LogP contribution is -2.46. The number of anilines is 1. The minimum atomic E-state index is 0.0490. The molecule has 0 atom stereocenters. The summed E-state index contributed by atoms with van der Waals surface area (Å²) in [5.41, 5.74) is 2.27. The molecule has 1 aromatic heterocycles. The fourth-order valence-corrected chi connectivity index (χ4v) is 2.80. The molecule has 0 spiro atoms. The molecule has 0 radical (unpaired) electrons. The van der Waals surface area contributed by atoms with Crippen molar-refractivity contribution >= 4 is 5.82 Å². The zero-order chi connectivity index (χ0) is 14.5. The smallest absolute Gasteiger partial charge is 0.134 e. The third kappa shape index (κ3) is 3.40. The van der Waals surface area contributed by atoms with Crippen molar-refractivity contribution < 1.29 is 5.11 Å². The van der Waals surface area contributed by atoms with Gasteiger partial charge in [0, 0.05) is 44.5 Å². The monoisotopic (exact) mass is 283 g/mol. The van der Waals surface area contributed by atoms with Crippen LogP contribution in [0.2, 0.25) is 0 Å². The Labute approximate surface area is 125 Å². The number of hydrogen-bond donors (Lipinski definition) is 1. The summed E-state index contributed by atoms with van der Waals surface area (Å²) in [6.07, 6.45) is 1.80. The number of aliphatic hydroxyl groups is 1. The summed E-state index contributed by atoms with van der Waals surface area (Å²) < 4.78 is 0. The van der Waals surface area contributed by atoms with Gasteiger partial charge >= 0.3 is 0 Å². The topological polar surface area (TPSA) is 39.6 Å². The molecule has 0 aliphatic carbocycles. The standard InChI is InChI=1S/C17H21N3O/c21-14-16-7-4-8-18-17(16)20-11-9-19(10-12-20)13-15-5-2-1-3-6-15/h1-8,21H,9-14H2. The normalized spacial score (nSPS) is 16.1. The van der Waals surface area contributed by atoms with Gasteiger partial charge in [-0.25, -0.2) is 4.98 Å². The van der Waals surface area contributed by atoms with E-state index >= 15 is 0 Å². The van der Waals surface area contributed by atoms with Crippen molar-refractivity contribution in [2.24, 2.45) is 0 Å². The van der Waals surface area contributed by atoms with Gasteiger partial charge in [0.1, 0.15) is 5.82 Å². The van der Waals surface area contributed by atoms with Gasteiger partial charge in [-0.05, 0) is 11.6 Å². The molecule has 3 rings (SSSR count). The predicted octanol–water partition coefficient (Wildman–Crippen LogP) is 1.90. The number of nitrogens with zero attached hydrogens (tertiary/aromatic N) is 3. The molecule has 0 amide bonds. The molecule has 2 aromatic rings. The number of pyridine rings is 1. The highest BCUT2D eigenvalue weighted by Crippen LogP contribution is 2.19. The molecule has 1 N–H and O–H groups in total. The van der Waals surface area contributed by atoms with Crippen LogP contribution < -0.4 is 4.90 Å². The summed E-state index contributed by atoms with van der Waals surface area (Å²) in [6.45, 7) is 5.01. The average molecular weight is 283 g/mol. The highest BCUT2D eigenvalue weighted by molar-refractivity contribution is 5.46. The largest absolute Gasteiger partial charge is 0.392 e. The van der Waals surface area contributed by atoms with Crippen molar-refractivity contribution in [2.45, 2.75) is 13.2 Å². The fourth-order valence-electron chi connectivity index (χ4n) is 2.80. The molecule has 2 heterocycles. The summed E-state index contributed by atoms with van der Waals surface area (Å²) in [5.74, 6) is 0.930. The Bertz CT molecular complexity index is 565. The number of benzene rings is 1. The molecule has 4 heteroatoms. The van der Waals surface area contributed by atoms with E-state index in [9.17, 15) is 5.11 Å². The Morgan fingerprint density at radius 3 is 2.43 bits per heavy atom. The van der Waals surface area contributed by atoms with Crippen LogP contribution in [-0.4, -0.2) is 41.2 Å². The van der Waals surface area contributed by atoms with E-state index in [0.717, 1.165) is 44.1 Å². The first kappa shape index (κ1) is 14.0. The molecule has 1 saturated heterocycles. The summed E-state index contributed by atoms with van der Waals surface area (Å²) in [5, 5.41) is 9.42. The second kappa shape index (κ2) is 6.70. The molecule has 1 fully saturated rings. The Morgan fingerprint density at radius 2 is 1.71 bits per heavy atom. The first-order chi connectivity index (χ1) is 10.4. The van der Waals surface area contributed by atoms with Crippen molar-refractivity contribution in [3.63, 3.8) is 0 Å². The van der Waals surface area contributed by atoms with E-state index in [4.69, 9.17) is 0 Å². The molecule has 110 valence electrons. The van der Waals surface area contributed by atoms with Crippen LogP contribution in [0.4, 0.5) is 5.82 Å². The van der Waals surface area contributed by atoms with E-state index in [2.05, 4.69) is 45.1 Å². The number of aromatic nitrogens is 1. The van der Waals surface area contributed by atoms with Gasteiger partial charge in [-0.1, -0.05) is 36.4 Å². The van der Waals surface area contributed by atoms with Crippen LogP contribution in [-0.2, 0) is 13.2 Å². The van der Waals surface area contributed by atoms with E-state index in [1.54, 1.807) is 6.20 Å². The van der Waals surface area contributed by atoms with Gasteiger partial charge in [0.15, 0.2) is 0 Å². The van der Waals surface area contributed by atoms with Crippen molar-refractivity contribution in [1.82, 2.24) is 9.88 Å². The first-order valence-corrected chi connectivity index (χ1v) is 7.43. The Balaban J connectivity index is 1.60. The molecule has 0 saturated carbocycles. The van der Waals surface area contributed by atoms with Crippen molar-refractivity contribution in [1.29, 1.82) is 0 Å². The summed E-state index contributed by atoms with van der Waals surface area (Å²) in [7, 11) is 0. The zero-order valence-corrected chi connectivity index (χ0v) is 12.2. The molecule has 0 unspecified atom stereocenters. The summed E-state index contributed by atoms with van der Waals surface area (Å²) in [4.78, 5) is 9.17. The maximum atomic E-state index is 9.42. The molecule has 1 aliphatic heterocycles. The third-order valence-electron chi connectivity index (χ3n) is 3.96. The van der Waals surface area contributed by atoms with Crippen LogP contribution in [0.5, 0.6) is 0 Å². The highest BCUT2D eigenvalue weighted by atomic mass is 16.3. The quantitative estimate of drug-likeness (QED) is 0.930. The van der Waals surface area contributed by atoms with Crippen molar-refractivity contribution in [3.05, 3.63) is 59.8 Å². The van der Waals surface area contributed by atoms with Gasteiger partial charge < -0.3 is 10.0 Å². The van der Waals surface area contributed by atoms with Crippen LogP contribution >= 0.6 is 0 Å². The van der Waals surface area contributed by atoms with Gasteiger partial charge in [0.25, 0.3) is 0 Å². The highest BCUT2D eigenvalue weighted by Gasteiger charge is 2.19. The second-order valence-electron chi connectivity index (χ2n) is 5.39. The first-order valence-electron chi connectivity index (χ1n) is 7.43. The van der Waals surface area contributed by atoms with Crippen LogP contribution in [0.1, 0.15) is 11.1 Å². The van der Waals surface area contributed by atoms with Gasteiger partial charge in [-0.3, -0.25) is 4.90 Å². The number of hydrogen-bond acceptors (Lipinski definition) is 4. The minimum Gasteiger partial charge on any atom is -0.392 e. The zero-order valence-electron chi connectivity index (χ0n) is 12.2. The predicted molar refractivity (Wildman–Crippen MR) is 84.1 cm³/mol. The van der Waals surface area contributed by atoms with Gasteiger partial charge in [0.2, 0.25) is 0 Å². The maximum absolute atomic E-state index is 9.42. The lowest BCUT2D eigenvalue weighted by atomic mass is 10.2. The van der Waals surface area contributed by atoms with Crippen LogP contribution in [0.3, 0.4) is 0 Å². The van der Waals surface area contributed by atoms with Gasteiger partial charge in [-0.2, -0.15) is 0 Å². The summed E-state index contributed by atoms with van der Waals surface area (Å²) in [6, 6.07) is 14.4. The second-order valence-corrected chi connectivity index (χ2v) is 5.39. The summed E-state index contributed by atoms with van der Waals surface area (Å²) >= 11 is 0. The average Bonchev–Trinajstić information content (AvgIpc) is 2.56. The van der Waals surface area contributed by atoms with Gasteiger partial charge in [-0.15, -0.1) is 0 Å². The molecule has 0 bridgehead atoms. The van der Waals surface area contributed by atoms with Crippen LogP contribution in [0, 0.1) is 0 Å². The fraction of sp³-hybridized carbons (Fsp3) is 0.353. The number of rotatable bonds is 4. The molecular formula is C17H21N3O. The Kier molecular flexibility index (Phi) is 4.48. The molecule has 21 heavy (non-hydrogen) atoms. The lowest BCUT2D eigenvalue weighted by Gasteiger charge is -2.36. The molecule has 1 aliphatic rings. The van der Waals surface area contributed by atoms with Gasteiger partial charge in [0.05, 0.1) is 6.61 Å². The van der Waals surface area contributed by atoms with E-state index in [0.29, 0.717) is 0 Å². The third-order valence-corrected chi connectivity index (χ3v) is 3.96. The van der Waals surface area contributed by atoms with E-state index < -0.39 is 0 Å². The number of piperazine rings is 1. The Hall–Kier alpha value is -1.91. The Morgan fingerprint density at radius 1 is 0.952 bits per heavy atom. The van der Waals surface area contributed by atoms with E-state index in [-0.39, 0.29) is 6.61 Å².